The van der Waals surface area contributed by atoms with E-state index in [2.05, 4.69) is 6.04 Å². The minimum atomic E-state index is -0.397. The van der Waals surface area contributed by atoms with Gasteiger partial charge in [0.05, 0.1) is 6.04 Å². The molecule has 0 aromatic carbocycles. The van der Waals surface area contributed by atoms with Crippen LogP contribution in [0, 0.1) is 18.4 Å². The van der Waals surface area contributed by atoms with E-state index >= 15 is 0 Å². The predicted molar refractivity (Wildman–Crippen MR) is 40.6 cm³/mol. The Balaban J connectivity index is 2.71. The topological polar surface area (TPSA) is 29.5 Å². The number of carbonyl (C=O) groups excluding carboxylic acids is 1. The van der Waals surface area contributed by atoms with Gasteiger partial charge in [0.25, 0.3) is 0 Å². The van der Waals surface area contributed by atoms with E-state index in [9.17, 15) is 4.79 Å². The summed E-state index contributed by atoms with van der Waals surface area (Å²) >= 11 is 0. The normalized spacial score (nSPS) is 23.6. The fourth-order valence-electron chi connectivity index (χ4n) is 1.08. The molecule has 1 saturated heterocycles. The van der Waals surface area contributed by atoms with Crippen molar-refractivity contribution in [1.29, 1.82) is 0 Å². The second-order valence-electron chi connectivity index (χ2n) is 2.89. The molecule has 1 aliphatic rings. The summed E-state index contributed by atoms with van der Waals surface area (Å²) in [5.74, 6) is 0.345. The molecule has 3 heteroatoms. The summed E-state index contributed by atoms with van der Waals surface area (Å²) in [5, 5.41) is 0. The van der Waals surface area contributed by atoms with Gasteiger partial charge in [-0.2, -0.15) is 0 Å². The monoisotopic (exact) mass is 153 g/mol. The van der Waals surface area contributed by atoms with Crippen molar-refractivity contribution in [3.8, 4) is 12.5 Å². The van der Waals surface area contributed by atoms with Crippen LogP contribution < -0.4 is 0 Å². The summed E-state index contributed by atoms with van der Waals surface area (Å²) in [7, 11) is 0. The fraction of sp³-hybridized carbons (Fsp3) is 0.625. The molecule has 1 amide bonds. The first-order valence-corrected chi connectivity index (χ1v) is 3.59. The average Bonchev–Trinajstić information content (AvgIpc) is 2.30. The smallest absolute Gasteiger partial charge is 0.422 e. The van der Waals surface area contributed by atoms with Crippen molar-refractivity contribution in [2.75, 3.05) is 6.61 Å². The molecule has 1 atom stereocenters. The van der Waals surface area contributed by atoms with Gasteiger partial charge in [0, 0.05) is 6.04 Å². The van der Waals surface area contributed by atoms with Crippen LogP contribution in [-0.2, 0) is 4.74 Å². The number of ether oxygens (including phenoxy) is 1. The van der Waals surface area contributed by atoms with Crippen LogP contribution in [0.4, 0.5) is 4.79 Å². The second-order valence-corrected chi connectivity index (χ2v) is 2.89. The number of hydrogen-bond acceptors (Lipinski definition) is 2. The maximum atomic E-state index is 10.9. The van der Waals surface area contributed by atoms with E-state index in [-0.39, 0.29) is 6.04 Å². The van der Waals surface area contributed by atoms with Gasteiger partial charge in [-0.15, -0.1) is 0 Å². The Morgan fingerprint density at radius 1 is 1.82 bits per heavy atom. The zero-order valence-electron chi connectivity index (χ0n) is 6.70. The lowest BCUT2D eigenvalue weighted by Crippen LogP contribution is -2.32. The quantitative estimate of drug-likeness (QED) is 0.527. The van der Waals surface area contributed by atoms with Gasteiger partial charge in [0.2, 0.25) is 0 Å². The second kappa shape index (κ2) is 2.83. The van der Waals surface area contributed by atoms with Gasteiger partial charge in [-0.3, -0.25) is 0 Å². The Morgan fingerprint density at radius 2 is 2.45 bits per heavy atom. The largest absolute Gasteiger partial charge is 0.446 e. The van der Waals surface area contributed by atoms with E-state index in [1.165, 1.54) is 4.90 Å². The minimum absolute atomic E-state index is 0.0486. The van der Waals surface area contributed by atoms with Gasteiger partial charge < -0.3 is 4.74 Å². The van der Waals surface area contributed by atoms with Crippen molar-refractivity contribution >= 4 is 6.09 Å². The van der Waals surface area contributed by atoms with Gasteiger partial charge in [0.15, 0.2) is 0 Å². The summed E-state index contributed by atoms with van der Waals surface area (Å²) in [4.78, 5) is 12.2. The molecule has 1 heterocycles. The molecular weight excluding hydrogens is 142 g/mol. The van der Waals surface area contributed by atoms with E-state index < -0.39 is 6.09 Å². The first-order chi connectivity index (χ1) is 5.16. The number of hydrogen-bond donors (Lipinski definition) is 0. The zero-order valence-corrected chi connectivity index (χ0v) is 6.70. The van der Waals surface area contributed by atoms with Crippen molar-refractivity contribution in [3.05, 3.63) is 0 Å². The van der Waals surface area contributed by atoms with Gasteiger partial charge in [-0.05, 0) is 5.92 Å². The highest BCUT2D eigenvalue weighted by atomic mass is 16.6. The molecule has 0 unspecified atom stereocenters. The summed E-state index contributed by atoms with van der Waals surface area (Å²) in [6.45, 7) is 4.44. The van der Waals surface area contributed by atoms with Gasteiger partial charge in [-0.1, -0.05) is 20.3 Å². The Labute approximate surface area is 66.3 Å². The molecule has 0 radical (unpaired) electrons. The Morgan fingerprint density at radius 3 is 2.82 bits per heavy atom. The molecule has 1 rings (SSSR count). The van der Waals surface area contributed by atoms with Crippen LogP contribution >= 0.6 is 0 Å². The van der Waals surface area contributed by atoms with Gasteiger partial charge in [0.1, 0.15) is 6.61 Å². The number of carbonyl (C=O) groups is 1. The van der Waals surface area contributed by atoms with Crippen LogP contribution in [-0.4, -0.2) is 23.6 Å². The van der Waals surface area contributed by atoms with Crippen LogP contribution in [0.25, 0.3) is 0 Å². The molecule has 0 aromatic rings. The Bertz CT molecular complexity index is 205. The first kappa shape index (κ1) is 7.93. The summed E-state index contributed by atoms with van der Waals surface area (Å²) in [6, 6.07) is 2.35. The number of cyclic esters (lactones) is 1. The molecule has 11 heavy (non-hydrogen) atoms. The van der Waals surface area contributed by atoms with Crippen LogP contribution in [0.2, 0.25) is 0 Å². The third-order valence-corrected chi connectivity index (χ3v) is 1.81. The standard InChI is InChI=1S/C8H11NO2/c1-4-9-7(6(2)3)5-11-8(9)10/h1,6-7H,5H2,2-3H3/t7-/m1/s1. The van der Waals surface area contributed by atoms with Crippen LogP contribution in [0.15, 0.2) is 0 Å². The molecule has 0 aromatic heterocycles. The molecular formula is C8H11NO2. The predicted octanol–water partition coefficient (Wildman–Crippen LogP) is 1.05. The third kappa shape index (κ3) is 1.30. The highest BCUT2D eigenvalue weighted by Gasteiger charge is 2.33. The highest BCUT2D eigenvalue weighted by molar-refractivity contribution is 5.72. The number of rotatable bonds is 1. The molecule has 0 saturated carbocycles. The number of nitrogens with zero attached hydrogens (tertiary/aromatic N) is 1. The molecule has 60 valence electrons. The average molecular weight is 153 g/mol. The molecule has 1 fully saturated rings. The fourth-order valence-corrected chi connectivity index (χ4v) is 1.08. The lowest BCUT2D eigenvalue weighted by molar-refractivity contribution is 0.167. The zero-order chi connectivity index (χ0) is 8.43. The van der Waals surface area contributed by atoms with Crippen LogP contribution in [0.5, 0.6) is 0 Å². The molecule has 1 aliphatic heterocycles. The van der Waals surface area contributed by atoms with Crippen molar-refractivity contribution < 1.29 is 9.53 Å². The lowest BCUT2D eigenvalue weighted by Gasteiger charge is -2.17. The highest BCUT2D eigenvalue weighted by Crippen LogP contribution is 2.17. The van der Waals surface area contributed by atoms with Crippen molar-refractivity contribution in [3.63, 3.8) is 0 Å². The lowest BCUT2D eigenvalue weighted by atomic mass is 10.1. The maximum absolute atomic E-state index is 10.9. The number of amides is 1. The first-order valence-electron chi connectivity index (χ1n) is 3.59. The van der Waals surface area contributed by atoms with E-state index in [1.807, 2.05) is 13.8 Å². The van der Waals surface area contributed by atoms with E-state index in [1.54, 1.807) is 0 Å². The van der Waals surface area contributed by atoms with Gasteiger partial charge in [-0.25, -0.2) is 9.69 Å². The van der Waals surface area contributed by atoms with Crippen LogP contribution in [0.3, 0.4) is 0 Å². The molecule has 0 spiro atoms. The molecule has 0 aliphatic carbocycles. The summed E-state index contributed by atoms with van der Waals surface area (Å²) in [5.41, 5.74) is 0. The maximum Gasteiger partial charge on any atom is 0.422 e. The Kier molecular flexibility index (Phi) is 2.04. The minimum Gasteiger partial charge on any atom is -0.446 e. The molecule has 0 bridgehead atoms. The van der Waals surface area contributed by atoms with Crippen molar-refractivity contribution in [1.82, 2.24) is 4.90 Å². The van der Waals surface area contributed by atoms with Crippen LogP contribution in [0.1, 0.15) is 13.8 Å². The molecule has 0 N–H and O–H groups in total. The Hall–Kier alpha value is -1.17. The third-order valence-electron chi connectivity index (χ3n) is 1.81. The van der Waals surface area contributed by atoms with E-state index in [0.29, 0.717) is 12.5 Å². The van der Waals surface area contributed by atoms with E-state index in [4.69, 9.17) is 11.2 Å². The SMILES string of the molecule is C#CN1C(=O)OC[C@@H]1C(C)C. The van der Waals surface area contributed by atoms with E-state index in [0.717, 1.165) is 0 Å². The summed E-state index contributed by atoms with van der Waals surface area (Å²) in [6.07, 6.45) is 4.73. The summed E-state index contributed by atoms with van der Waals surface area (Å²) < 4.78 is 4.77. The van der Waals surface area contributed by atoms with Crippen molar-refractivity contribution in [2.45, 2.75) is 19.9 Å². The number of terminal acetylenes is 1. The molecule has 3 nitrogen and oxygen atoms in total. The van der Waals surface area contributed by atoms with Crippen molar-refractivity contribution in [2.24, 2.45) is 5.92 Å². The van der Waals surface area contributed by atoms with Gasteiger partial charge >= 0.3 is 6.09 Å².